The van der Waals surface area contributed by atoms with Gasteiger partial charge in [0.05, 0.1) is 24.6 Å². The van der Waals surface area contributed by atoms with Crippen molar-refractivity contribution in [3.05, 3.63) is 35.4 Å². The lowest BCUT2D eigenvalue weighted by Crippen LogP contribution is -2.39. The number of hydrogen-bond acceptors (Lipinski definition) is 8. The van der Waals surface area contributed by atoms with Crippen LogP contribution in [0, 0.1) is 6.92 Å². The second-order valence-corrected chi connectivity index (χ2v) is 8.78. The number of aromatic nitrogens is 5. The van der Waals surface area contributed by atoms with E-state index >= 15 is 0 Å². The molecule has 11 nitrogen and oxygen atoms in total. The molecule has 2 fully saturated rings. The largest absolute Gasteiger partial charge is 0.441 e. The number of H-pyrrole nitrogens is 1. The van der Waals surface area contributed by atoms with E-state index in [9.17, 15) is 9.18 Å². The Balaban J connectivity index is 1.27. The van der Waals surface area contributed by atoms with Gasteiger partial charge in [0.25, 0.3) is 0 Å². The first kappa shape index (κ1) is 21.6. The van der Waals surface area contributed by atoms with E-state index in [1.807, 2.05) is 26.1 Å². The van der Waals surface area contributed by atoms with Crippen LogP contribution in [0.3, 0.4) is 0 Å². The average Bonchev–Trinajstić information content (AvgIpc) is 3.11. The lowest BCUT2D eigenvalue weighted by atomic mass is 10.1. The number of fused-ring (bicyclic) bond motifs is 1. The number of alkyl carbamates (subject to hydrolysis) is 1. The normalized spacial score (nSPS) is 23.6. The van der Waals surface area contributed by atoms with Crippen molar-refractivity contribution < 1.29 is 23.4 Å². The van der Waals surface area contributed by atoms with Crippen LogP contribution in [0.4, 0.5) is 21.0 Å². The third-order valence-electron chi connectivity index (χ3n) is 5.81. The minimum Gasteiger partial charge on any atom is -0.441 e. The van der Waals surface area contributed by atoms with Gasteiger partial charge in [0.1, 0.15) is 11.8 Å². The Labute approximate surface area is 189 Å². The van der Waals surface area contributed by atoms with Gasteiger partial charge in [-0.3, -0.25) is 9.50 Å². The van der Waals surface area contributed by atoms with Crippen LogP contribution in [0.15, 0.2) is 18.3 Å². The summed E-state index contributed by atoms with van der Waals surface area (Å²) in [5.41, 5.74) is 2.45. The molecule has 3 atom stereocenters. The first-order chi connectivity index (χ1) is 15.8. The summed E-state index contributed by atoms with van der Waals surface area (Å²) in [5.74, 6) is 0.944. The predicted molar refractivity (Wildman–Crippen MR) is 115 cm³/mol. The number of amides is 1. The van der Waals surface area contributed by atoms with Gasteiger partial charge in [-0.05, 0) is 26.7 Å². The van der Waals surface area contributed by atoms with E-state index in [4.69, 9.17) is 14.2 Å². The Bertz CT molecular complexity index is 1170. The van der Waals surface area contributed by atoms with Gasteiger partial charge in [-0.15, -0.1) is 0 Å². The molecule has 2 aliphatic rings. The number of aromatic amines is 1. The maximum Gasteiger partial charge on any atom is 0.408 e. The lowest BCUT2D eigenvalue weighted by molar-refractivity contribution is 0.0604. The molecule has 0 spiro atoms. The average molecular weight is 459 g/mol. The molecule has 5 rings (SSSR count). The van der Waals surface area contributed by atoms with Crippen LogP contribution in [0.2, 0.25) is 0 Å². The van der Waals surface area contributed by atoms with E-state index in [0.717, 1.165) is 24.2 Å². The predicted octanol–water partition coefficient (Wildman–Crippen LogP) is 2.71. The number of imidazole rings is 1. The summed E-state index contributed by atoms with van der Waals surface area (Å²) >= 11 is 0. The highest BCUT2D eigenvalue weighted by Gasteiger charge is 2.44. The lowest BCUT2D eigenvalue weighted by Gasteiger charge is -2.17. The van der Waals surface area contributed by atoms with Crippen molar-refractivity contribution in [1.82, 2.24) is 29.9 Å². The monoisotopic (exact) mass is 459 g/mol. The van der Waals surface area contributed by atoms with Gasteiger partial charge in [-0.25, -0.2) is 19.2 Å². The zero-order valence-electron chi connectivity index (χ0n) is 18.6. The molecule has 0 radical (unpaired) electrons. The molecule has 1 aliphatic heterocycles. The maximum atomic E-state index is 15.0. The number of nitrogens with one attached hydrogen (secondary N) is 3. The Morgan fingerprint density at radius 1 is 1.39 bits per heavy atom. The molecular weight excluding hydrogens is 433 g/mol. The summed E-state index contributed by atoms with van der Waals surface area (Å²) in [5, 5.41) is 12.9. The summed E-state index contributed by atoms with van der Waals surface area (Å²) in [6.07, 6.45) is -0.442. The Kier molecular flexibility index (Phi) is 5.41. The number of nitrogens with zero attached hydrogens (tertiary/aromatic N) is 4. The summed E-state index contributed by atoms with van der Waals surface area (Å²) in [6, 6.07) is 3.51. The minimum atomic E-state index is -1.52. The zero-order valence-corrected chi connectivity index (χ0v) is 18.6. The number of hydrogen-bond donors (Lipinski definition) is 3. The standard InChI is InChI=1S/C21H26FN7O4/c1-11-6-16-24-12(9-31-3)8-29(16)19(23-11)25-15-7-13(27-28-15)18-17(22)14(10-32-18)33-20(30)26-21(2)4-5-21/h6-8,14,17-18H,4-5,9-10H2,1-3H3,(H,26,30)(H2,23,25,27,28)/t14-,17+,18-/m1/s1. The number of anilines is 2. The van der Waals surface area contributed by atoms with E-state index in [0.29, 0.717) is 29.7 Å². The van der Waals surface area contributed by atoms with Crippen LogP contribution in [0.5, 0.6) is 0 Å². The molecule has 0 bridgehead atoms. The molecule has 3 N–H and O–H groups in total. The van der Waals surface area contributed by atoms with E-state index in [-0.39, 0.29) is 12.1 Å². The zero-order chi connectivity index (χ0) is 23.2. The third-order valence-corrected chi connectivity index (χ3v) is 5.81. The molecule has 3 aromatic rings. The number of carbonyl (C=O) groups is 1. The van der Waals surface area contributed by atoms with E-state index in [1.165, 1.54) is 0 Å². The molecule has 3 aromatic heterocycles. The van der Waals surface area contributed by atoms with Crippen LogP contribution in [0.1, 0.15) is 43.0 Å². The highest BCUT2D eigenvalue weighted by Crippen LogP contribution is 2.36. The van der Waals surface area contributed by atoms with Crippen molar-refractivity contribution in [3.63, 3.8) is 0 Å². The van der Waals surface area contributed by atoms with Crippen molar-refractivity contribution in [2.45, 2.75) is 57.2 Å². The van der Waals surface area contributed by atoms with Crippen molar-refractivity contribution in [3.8, 4) is 0 Å². The molecule has 176 valence electrons. The Morgan fingerprint density at radius 3 is 2.97 bits per heavy atom. The van der Waals surface area contributed by atoms with E-state index in [2.05, 4.69) is 30.8 Å². The topological polar surface area (TPSA) is 128 Å². The van der Waals surface area contributed by atoms with E-state index in [1.54, 1.807) is 17.6 Å². The van der Waals surface area contributed by atoms with Crippen molar-refractivity contribution >= 4 is 23.5 Å². The Hall–Kier alpha value is -3.25. The van der Waals surface area contributed by atoms with Gasteiger partial charge in [-0.2, -0.15) is 5.10 Å². The molecule has 0 unspecified atom stereocenters. The molecule has 1 saturated carbocycles. The number of halogens is 1. The molecule has 1 amide bonds. The van der Waals surface area contributed by atoms with Crippen molar-refractivity contribution in [2.75, 3.05) is 19.0 Å². The van der Waals surface area contributed by atoms with Gasteiger partial charge < -0.3 is 24.8 Å². The second-order valence-electron chi connectivity index (χ2n) is 8.78. The number of alkyl halides is 1. The molecular formula is C21H26FN7O4. The van der Waals surface area contributed by atoms with Gasteiger partial charge >= 0.3 is 6.09 Å². The van der Waals surface area contributed by atoms with Crippen molar-refractivity contribution in [2.24, 2.45) is 0 Å². The number of methoxy groups -OCH3 is 1. The first-order valence-electron chi connectivity index (χ1n) is 10.7. The third kappa shape index (κ3) is 4.48. The van der Waals surface area contributed by atoms with Gasteiger partial charge in [-0.1, -0.05) is 0 Å². The molecule has 12 heteroatoms. The first-order valence-corrected chi connectivity index (χ1v) is 10.7. The number of ether oxygens (including phenoxy) is 3. The number of carbonyl (C=O) groups excluding carboxylic acids is 1. The highest BCUT2D eigenvalue weighted by molar-refractivity contribution is 5.69. The molecule has 4 heterocycles. The molecule has 1 aliphatic carbocycles. The van der Waals surface area contributed by atoms with Crippen molar-refractivity contribution in [1.29, 1.82) is 0 Å². The fourth-order valence-electron chi connectivity index (χ4n) is 3.79. The van der Waals surface area contributed by atoms with Gasteiger partial charge in [0.15, 0.2) is 18.1 Å². The number of aryl methyl sites for hydroxylation is 1. The van der Waals surface area contributed by atoms with Crippen LogP contribution in [-0.4, -0.2) is 62.2 Å². The summed E-state index contributed by atoms with van der Waals surface area (Å²) in [6.45, 7) is 4.14. The van der Waals surface area contributed by atoms with Crippen LogP contribution < -0.4 is 10.6 Å². The maximum absolute atomic E-state index is 15.0. The quantitative estimate of drug-likeness (QED) is 0.492. The minimum absolute atomic E-state index is 0.0326. The molecule has 0 aromatic carbocycles. The molecule has 33 heavy (non-hydrogen) atoms. The SMILES string of the molecule is COCc1cn2c(Nc3cc([C@H]4OC[C@@H](OC(=O)NC5(C)CC5)[C@@H]4F)[nH]n3)nc(C)cc2n1. The van der Waals surface area contributed by atoms with Crippen LogP contribution in [-0.2, 0) is 20.8 Å². The van der Waals surface area contributed by atoms with Gasteiger partial charge in [0, 0.05) is 36.7 Å². The summed E-state index contributed by atoms with van der Waals surface area (Å²) in [4.78, 5) is 21.1. The smallest absolute Gasteiger partial charge is 0.408 e. The van der Waals surface area contributed by atoms with Crippen LogP contribution in [0.25, 0.3) is 5.65 Å². The molecule has 1 saturated heterocycles. The Morgan fingerprint density at radius 2 is 2.21 bits per heavy atom. The van der Waals surface area contributed by atoms with Gasteiger partial charge in [0.2, 0.25) is 5.95 Å². The second kappa shape index (κ2) is 8.27. The summed E-state index contributed by atoms with van der Waals surface area (Å²) < 4.78 is 32.8. The fourth-order valence-corrected chi connectivity index (χ4v) is 3.79. The van der Waals surface area contributed by atoms with E-state index < -0.39 is 24.5 Å². The fraction of sp³-hybridized carbons (Fsp3) is 0.524. The summed E-state index contributed by atoms with van der Waals surface area (Å²) in [7, 11) is 1.61. The highest BCUT2D eigenvalue weighted by atomic mass is 19.1. The van der Waals surface area contributed by atoms with Crippen LogP contribution >= 0.6 is 0 Å². The number of rotatable bonds is 7.